The maximum atomic E-state index is 12.7. The molecule has 0 fully saturated rings. The standard InChI is InChI=1S/C16H22F3NO2/c1-14(2,3)13(21)22-9-8-15(4,20)11-6-5-7-12(10-11)16(17,18)19/h5-7,10H,8-9,20H2,1-4H3. The van der Waals surface area contributed by atoms with Crippen molar-refractivity contribution in [2.45, 2.75) is 45.8 Å². The molecule has 0 heterocycles. The van der Waals surface area contributed by atoms with Crippen LogP contribution in [0.15, 0.2) is 24.3 Å². The molecule has 1 aromatic carbocycles. The molecule has 6 heteroatoms. The number of esters is 1. The van der Waals surface area contributed by atoms with Crippen molar-refractivity contribution >= 4 is 5.97 Å². The van der Waals surface area contributed by atoms with Gasteiger partial charge in [0.2, 0.25) is 0 Å². The fourth-order valence-corrected chi connectivity index (χ4v) is 1.77. The zero-order valence-corrected chi connectivity index (χ0v) is 13.3. The number of nitrogens with two attached hydrogens (primary N) is 1. The molecule has 0 aliphatic carbocycles. The highest BCUT2D eigenvalue weighted by molar-refractivity contribution is 5.75. The maximum Gasteiger partial charge on any atom is 0.416 e. The lowest BCUT2D eigenvalue weighted by Gasteiger charge is -2.26. The highest BCUT2D eigenvalue weighted by atomic mass is 19.4. The summed E-state index contributed by atoms with van der Waals surface area (Å²) in [6.07, 6.45) is -4.18. The Morgan fingerprint density at radius 3 is 2.18 bits per heavy atom. The Bertz CT molecular complexity index is 531. The average Bonchev–Trinajstić information content (AvgIpc) is 2.36. The highest BCUT2D eigenvalue weighted by Crippen LogP contribution is 2.32. The number of benzene rings is 1. The Labute approximate surface area is 128 Å². The minimum atomic E-state index is -4.41. The highest BCUT2D eigenvalue weighted by Gasteiger charge is 2.32. The normalized spacial score (nSPS) is 15.3. The van der Waals surface area contributed by atoms with E-state index in [9.17, 15) is 18.0 Å². The van der Waals surface area contributed by atoms with E-state index in [4.69, 9.17) is 10.5 Å². The van der Waals surface area contributed by atoms with E-state index < -0.39 is 22.7 Å². The van der Waals surface area contributed by atoms with Gasteiger partial charge < -0.3 is 10.5 Å². The monoisotopic (exact) mass is 317 g/mol. The van der Waals surface area contributed by atoms with Crippen LogP contribution in [0.25, 0.3) is 0 Å². The van der Waals surface area contributed by atoms with Crippen molar-refractivity contribution in [3.05, 3.63) is 35.4 Å². The number of carbonyl (C=O) groups is 1. The Hall–Kier alpha value is -1.56. The molecule has 1 aromatic rings. The third-order valence-electron chi connectivity index (χ3n) is 3.32. The van der Waals surface area contributed by atoms with E-state index >= 15 is 0 Å². The molecule has 1 unspecified atom stereocenters. The first-order chi connectivity index (χ1) is 9.84. The Morgan fingerprint density at radius 1 is 1.14 bits per heavy atom. The molecular weight excluding hydrogens is 295 g/mol. The summed E-state index contributed by atoms with van der Waals surface area (Å²) >= 11 is 0. The van der Waals surface area contributed by atoms with Gasteiger partial charge in [-0.1, -0.05) is 12.1 Å². The van der Waals surface area contributed by atoms with Gasteiger partial charge in [-0.2, -0.15) is 13.2 Å². The molecule has 0 saturated heterocycles. The van der Waals surface area contributed by atoms with E-state index in [1.807, 2.05) is 0 Å². The summed E-state index contributed by atoms with van der Waals surface area (Å²) in [6.45, 7) is 6.85. The van der Waals surface area contributed by atoms with Gasteiger partial charge in [0.15, 0.2) is 0 Å². The minimum absolute atomic E-state index is 0.0549. The van der Waals surface area contributed by atoms with E-state index in [1.54, 1.807) is 33.8 Å². The van der Waals surface area contributed by atoms with Gasteiger partial charge in [-0.25, -0.2) is 0 Å². The van der Waals surface area contributed by atoms with Crippen LogP contribution in [0.3, 0.4) is 0 Å². The third kappa shape index (κ3) is 5.02. The van der Waals surface area contributed by atoms with Crippen LogP contribution in [0.1, 0.15) is 45.2 Å². The number of ether oxygens (including phenoxy) is 1. The predicted molar refractivity (Wildman–Crippen MR) is 78.0 cm³/mol. The fourth-order valence-electron chi connectivity index (χ4n) is 1.77. The van der Waals surface area contributed by atoms with E-state index in [0.29, 0.717) is 5.56 Å². The molecule has 22 heavy (non-hydrogen) atoms. The first-order valence-electron chi connectivity index (χ1n) is 6.98. The molecule has 0 radical (unpaired) electrons. The number of alkyl halides is 3. The summed E-state index contributed by atoms with van der Waals surface area (Å²) in [5.41, 5.74) is 4.06. The van der Waals surface area contributed by atoms with E-state index in [2.05, 4.69) is 0 Å². The fraction of sp³-hybridized carbons (Fsp3) is 0.562. The summed E-state index contributed by atoms with van der Waals surface area (Å²) in [7, 11) is 0. The van der Waals surface area contributed by atoms with Crippen LogP contribution in [0, 0.1) is 5.41 Å². The van der Waals surface area contributed by atoms with Gasteiger partial charge in [-0.3, -0.25) is 4.79 Å². The van der Waals surface area contributed by atoms with Crippen LogP contribution < -0.4 is 5.73 Å². The quantitative estimate of drug-likeness (QED) is 0.858. The van der Waals surface area contributed by atoms with Crippen LogP contribution in [0.2, 0.25) is 0 Å². The van der Waals surface area contributed by atoms with Crippen molar-refractivity contribution in [3.63, 3.8) is 0 Å². The number of hydrogen-bond donors (Lipinski definition) is 1. The van der Waals surface area contributed by atoms with E-state index in [0.717, 1.165) is 12.1 Å². The lowest BCUT2D eigenvalue weighted by molar-refractivity contribution is -0.153. The average molecular weight is 317 g/mol. The predicted octanol–water partition coefficient (Wildman–Crippen LogP) is 3.86. The molecule has 1 rings (SSSR count). The number of rotatable bonds is 4. The van der Waals surface area contributed by atoms with Gasteiger partial charge in [-0.15, -0.1) is 0 Å². The van der Waals surface area contributed by atoms with Crippen molar-refractivity contribution in [3.8, 4) is 0 Å². The van der Waals surface area contributed by atoms with Crippen LogP contribution in [0.5, 0.6) is 0 Å². The second kappa shape index (κ2) is 6.28. The molecule has 124 valence electrons. The van der Waals surface area contributed by atoms with Crippen molar-refractivity contribution in [1.82, 2.24) is 0 Å². The molecule has 0 spiro atoms. The molecule has 0 aliphatic heterocycles. The van der Waals surface area contributed by atoms with Gasteiger partial charge in [0.05, 0.1) is 17.6 Å². The minimum Gasteiger partial charge on any atom is -0.465 e. The van der Waals surface area contributed by atoms with Crippen LogP contribution in [0.4, 0.5) is 13.2 Å². The molecule has 0 aromatic heterocycles. The SMILES string of the molecule is CC(C)(C)C(=O)OCCC(C)(N)c1cccc(C(F)(F)F)c1. The summed E-state index contributed by atoms with van der Waals surface area (Å²) in [5.74, 6) is -0.368. The Kier molecular flexibility index (Phi) is 5.28. The molecule has 0 bridgehead atoms. The Balaban J connectivity index is 2.77. The zero-order valence-electron chi connectivity index (χ0n) is 13.3. The van der Waals surface area contributed by atoms with Crippen molar-refractivity contribution in [1.29, 1.82) is 0 Å². The van der Waals surface area contributed by atoms with Crippen LogP contribution in [-0.4, -0.2) is 12.6 Å². The molecule has 1 atom stereocenters. The van der Waals surface area contributed by atoms with Gasteiger partial charge in [0.1, 0.15) is 0 Å². The molecule has 0 amide bonds. The van der Waals surface area contributed by atoms with Crippen molar-refractivity contribution < 1.29 is 22.7 Å². The van der Waals surface area contributed by atoms with Gasteiger partial charge in [0, 0.05) is 12.0 Å². The molecule has 3 nitrogen and oxygen atoms in total. The molecular formula is C16H22F3NO2. The molecule has 2 N–H and O–H groups in total. The third-order valence-corrected chi connectivity index (χ3v) is 3.32. The zero-order chi connectivity index (χ0) is 17.2. The number of halogens is 3. The van der Waals surface area contributed by atoms with Gasteiger partial charge >= 0.3 is 12.1 Å². The molecule has 0 saturated carbocycles. The van der Waals surface area contributed by atoms with Crippen LogP contribution in [-0.2, 0) is 21.2 Å². The maximum absolute atomic E-state index is 12.7. The van der Waals surface area contributed by atoms with Crippen molar-refractivity contribution in [2.24, 2.45) is 11.1 Å². The first-order valence-corrected chi connectivity index (χ1v) is 6.98. The number of hydrogen-bond acceptors (Lipinski definition) is 3. The second-order valence-electron chi connectivity index (χ2n) is 6.63. The lowest BCUT2D eigenvalue weighted by Crippen LogP contribution is -2.35. The number of carbonyl (C=O) groups excluding carboxylic acids is 1. The van der Waals surface area contributed by atoms with E-state index in [1.165, 1.54) is 6.07 Å². The topological polar surface area (TPSA) is 52.3 Å². The van der Waals surface area contributed by atoms with Gasteiger partial charge in [0.25, 0.3) is 0 Å². The second-order valence-corrected chi connectivity index (χ2v) is 6.63. The largest absolute Gasteiger partial charge is 0.465 e. The molecule has 0 aliphatic rings. The summed E-state index contributed by atoms with van der Waals surface area (Å²) in [6, 6.07) is 4.90. The van der Waals surface area contributed by atoms with Crippen molar-refractivity contribution in [2.75, 3.05) is 6.61 Å². The summed E-state index contributed by atoms with van der Waals surface area (Å²) in [5, 5.41) is 0. The van der Waals surface area contributed by atoms with E-state index in [-0.39, 0.29) is 19.0 Å². The summed E-state index contributed by atoms with van der Waals surface area (Å²) < 4.78 is 43.3. The van der Waals surface area contributed by atoms with Crippen LogP contribution >= 0.6 is 0 Å². The summed E-state index contributed by atoms with van der Waals surface area (Å²) in [4.78, 5) is 11.7. The smallest absolute Gasteiger partial charge is 0.416 e. The lowest BCUT2D eigenvalue weighted by atomic mass is 9.89. The van der Waals surface area contributed by atoms with Gasteiger partial charge in [-0.05, 0) is 45.4 Å². The Morgan fingerprint density at radius 2 is 1.68 bits per heavy atom. The first kappa shape index (κ1) is 18.5.